The standard InChI is InChI=1S/C23H26N4O2S/c1-18-15-19(25-29-18)16-26-11-13-27(14-12-26)17-23(28)24-21-9-5-6-10-22(21)30-20-7-3-2-4-8-20/h2-10,15H,11-14,16-17H2,1H3,(H,24,28). The number of carbonyl (C=O) groups is 1. The second-order valence-electron chi connectivity index (χ2n) is 7.44. The van der Waals surface area contributed by atoms with Gasteiger partial charge in [-0.25, -0.2) is 0 Å². The smallest absolute Gasteiger partial charge is 0.238 e. The molecule has 2 heterocycles. The van der Waals surface area contributed by atoms with Crippen molar-refractivity contribution in [2.75, 3.05) is 38.0 Å². The number of benzene rings is 2. The first-order valence-electron chi connectivity index (χ1n) is 10.1. The summed E-state index contributed by atoms with van der Waals surface area (Å²) in [4.78, 5) is 19.4. The maximum Gasteiger partial charge on any atom is 0.238 e. The minimum absolute atomic E-state index is 0.0247. The third-order valence-corrected chi connectivity index (χ3v) is 6.11. The summed E-state index contributed by atoms with van der Waals surface area (Å²) in [5.41, 5.74) is 1.82. The van der Waals surface area contributed by atoms with E-state index in [1.807, 2.05) is 55.5 Å². The highest BCUT2D eigenvalue weighted by Crippen LogP contribution is 2.33. The van der Waals surface area contributed by atoms with Gasteiger partial charge in [-0.15, -0.1) is 0 Å². The van der Waals surface area contributed by atoms with Gasteiger partial charge in [0.25, 0.3) is 0 Å². The minimum Gasteiger partial charge on any atom is -0.361 e. The van der Waals surface area contributed by atoms with Gasteiger partial charge in [0.2, 0.25) is 5.91 Å². The summed E-state index contributed by atoms with van der Waals surface area (Å²) < 4.78 is 5.14. The van der Waals surface area contributed by atoms with Crippen molar-refractivity contribution in [1.82, 2.24) is 15.0 Å². The lowest BCUT2D eigenvalue weighted by Gasteiger charge is -2.33. The summed E-state index contributed by atoms with van der Waals surface area (Å²) >= 11 is 1.66. The Morgan fingerprint density at radius 2 is 1.73 bits per heavy atom. The Labute approximate surface area is 181 Å². The van der Waals surface area contributed by atoms with Gasteiger partial charge in [0.05, 0.1) is 17.9 Å². The average molecular weight is 423 g/mol. The summed E-state index contributed by atoms with van der Waals surface area (Å²) in [6, 6.07) is 20.1. The fourth-order valence-corrected chi connectivity index (χ4v) is 4.42. The number of para-hydroxylation sites is 1. The summed E-state index contributed by atoms with van der Waals surface area (Å²) in [5, 5.41) is 7.16. The van der Waals surface area contributed by atoms with Crippen molar-refractivity contribution in [1.29, 1.82) is 0 Å². The Morgan fingerprint density at radius 3 is 2.47 bits per heavy atom. The number of piperazine rings is 1. The third kappa shape index (κ3) is 5.72. The molecule has 1 aliphatic rings. The van der Waals surface area contributed by atoms with Gasteiger partial charge in [-0.1, -0.05) is 47.3 Å². The second-order valence-corrected chi connectivity index (χ2v) is 8.56. The quantitative estimate of drug-likeness (QED) is 0.623. The number of aromatic nitrogens is 1. The first kappa shape index (κ1) is 20.7. The van der Waals surface area contributed by atoms with Crippen LogP contribution in [0.5, 0.6) is 0 Å². The molecule has 1 N–H and O–H groups in total. The molecule has 7 heteroatoms. The number of nitrogens with one attached hydrogen (secondary N) is 1. The van der Waals surface area contributed by atoms with Gasteiger partial charge >= 0.3 is 0 Å². The highest BCUT2D eigenvalue weighted by Gasteiger charge is 2.20. The van der Waals surface area contributed by atoms with Crippen LogP contribution in [0, 0.1) is 6.92 Å². The van der Waals surface area contributed by atoms with Crippen molar-refractivity contribution in [3.63, 3.8) is 0 Å². The van der Waals surface area contributed by atoms with E-state index >= 15 is 0 Å². The van der Waals surface area contributed by atoms with E-state index in [4.69, 9.17) is 4.52 Å². The van der Waals surface area contributed by atoms with Crippen LogP contribution in [0.25, 0.3) is 0 Å². The van der Waals surface area contributed by atoms with Gasteiger partial charge in [-0.2, -0.15) is 0 Å². The maximum absolute atomic E-state index is 12.7. The fourth-order valence-electron chi connectivity index (χ4n) is 3.49. The van der Waals surface area contributed by atoms with Crippen molar-refractivity contribution in [3.05, 3.63) is 72.1 Å². The first-order chi connectivity index (χ1) is 14.7. The SMILES string of the molecule is Cc1cc(CN2CCN(CC(=O)Nc3ccccc3Sc3ccccc3)CC2)no1. The molecule has 0 spiro atoms. The largest absolute Gasteiger partial charge is 0.361 e. The van der Waals surface area contributed by atoms with Gasteiger partial charge in [0, 0.05) is 48.6 Å². The molecule has 1 fully saturated rings. The molecule has 0 atom stereocenters. The van der Waals surface area contributed by atoms with Crippen LogP contribution < -0.4 is 5.32 Å². The van der Waals surface area contributed by atoms with Crippen molar-refractivity contribution in [2.45, 2.75) is 23.3 Å². The highest BCUT2D eigenvalue weighted by atomic mass is 32.2. The van der Waals surface area contributed by atoms with Crippen molar-refractivity contribution >= 4 is 23.4 Å². The molecule has 30 heavy (non-hydrogen) atoms. The third-order valence-electron chi connectivity index (χ3n) is 5.03. The van der Waals surface area contributed by atoms with Crippen LogP contribution in [-0.2, 0) is 11.3 Å². The molecule has 156 valence electrons. The number of anilines is 1. The van der Waals surface area contributed by atoms with Crippen LogP contribution in [-0.4, -0.2) is 53.6 Å². The number of aryl methyl sites for hydroxylation is 1. The fraction of sp³-hybridized carbons (Fsp3) is 0.304. The highest BCUT2D eigenvalue weighted by molar-refractivity contribution is 7.99. The Kier molecular flexibility index (Phi) is 6.84. The lowest BCUT2D eigenvalue weighted by Crippen LogP contribution is -2.48. The van der Waals surface area contributed by atoms with Crippen LogP contribution in [0.3, 0.4) is 0 Å². The van der Waals surface area contributed by atoms with Crippen LogP contribution in [0.1, 0.15) is 11.5 Å². The van der Waals surface area contributed by atoms with Crippen LogP contribution in [0.2, 0.25) is 0 Å². The first-order valence-corrected chi connectivity index (χ1v) is 11.0. The predicted molar refractivity (Wildman–Crippen MR) is 119 cm³/mol. The zero-order valence-electron chi connectivity index (χ0n) is 17.1. The van der Waals surface area contributed by atoms with Crippen molar-refractivity contribution in [3.8, 4) is 0 Å². The van der Waals surface area contributed by atoms with Gasteiger partial charge in [0.15, 0.2) is 0 Å². The predicted octanol–water partition coefficient (Wildman–Crippen LogP) is 3.89. The Bertz CT molecular complexity index is 968. The van der Waals surface area contributed by atoms with Gasteiger partial charge in [-0.3, -0.25) is 14.6 Å². The zero-order chi connectivity index (χ0) is 20.8. The molecular weight excluding hydrogens is 396 g/mol. The average Bonchev–Trinajstić information content (AvgIpc) is 3.16. The summed E-state index contributed by atoms with van der Waals surface area (Å²) in [5.74, 6) is 0.864. The molecule has 1 aromatic heterocycles. The summed E-state index contributed by atoms with van der Waals surface area (Å²) in [6.45, 7) is 6.67. The molecule has 0 bridgehead atoms. The van der Waals surface area contributed by atoms with E-state index < -0.39 is 0 Å². The van der Waals surface area contributed by atoms with Crippen molar-refractivity contribution < 1.29 is 9.32 Å². The summed E-state index contributed by atoms with van der Waals surface area (Å²) in [7, 11) is 0. The van der Waals surface area contributed by atoms with Gasteiger partial charge in [0.1, 0.15) is 5.76 Å². The van der Waals surface area contributed by atoms with Crippen LogP contribution >= 0.6 is 11.8 Å². The van der Waals surface area contributed by atoms with E-state index in [0.717, 1.165) is 59.7 Å². The van der Waals surface area contributed by atoms with Crippen molar-refractivity contribution in [2.24, 2.45) is 0 Å². The van der Waals surface area contributed by atoms with Gasteiger partial charge in [-0.05, 0) is 31.2 Å². The van der Waals surface area contributed by atoms with E-state index in [9.17, 15) is 4.79 Å². The van der Waals surface area contributed by atoms with Crippen LogP contribution in [0.15, 0.2) is 75.0 Å². The van der Waals surface area contributed by atoms with E-state index in [0.29, 0.717) is 6.54 Å². The molecule has 3 aromatic rings. The molecule has 2 aromatic carbocycles. The monoisotopic (exact) mass is 422 g/mol. The zero-order valence-corrected chi connectivity index (χ0v) is 17.9. The molecule has 4 rings (SSSR count). The van der Waals surface area contributed by atoms with Gasteiger partial charge < -0.3 is 9.84 Å². The van der Waals surface area contributed by atoms with E-state index in [1.54, 1.807) is 11.8 Å². The number of carbonyl (C=O) groups excluding carboxylic acids is 1. The van der Waals surface area contributed by atoms with E-state index in [-0.39, 0.29) is 5.91 Å². The lowest BCUT2D eigenvalue weighted by molar-refractivity contribution is -0.117. The number of amides is 1. The Morgan fingerprint density at radius 1 is 1.03 bits per heavy atom. The normalized spacial score (nSPS) is 15.2. The van der Waals surface area contributed by atoms with E-state index in [1.165, 1.54) is 0 Å². The molecule has 0 radical (unpaired) electrons. The molecule has 0 saturated carbocycles. The molecule has 1 aliphatic heterocycles. The maximum atomic E-state index is 12.7. The minimum atomic E-state index is 0.0247. The molecule has 0 aliphatic carbocycles. The molecule has 1 saturated heterocycles. The molecule has 6 nitrogen and oxygen atoms in total. The summed E-state index contributed by atoms with van der Waals surface area (Å²) in [6.07, 6.45) is 0. The Balaban J connectivity index is 1.27. The number of nitrogens with zero attached hydrogens (tertiary/aromatic N) is 3. The molecular formula is C23H26N4O2S. The second kappa shape index (κ2) is 9.93. The van der Waals surface area contributed by atoms with Crippen LogP contribution in [0.4, 0.5) is 5.69 Å². The molecule has 1 amide bonds. The topological polar surface area (TPSA) is 61.6 Å². The Hall–Kier alpha value is -2.61. The number of hydrogen-bond donors (Lipinski definition) is 1. The lowest BCUT2D eigenvalue weighted by atomic mass is 10.2. The number of hydrogen-bond acceptors (Lipinski definition) is 6. The number of rotatable bonds is 7. The van der Waals surface area contributed by atoms with E-state index in [2.05, 4.69) is 32.4 Å². The molecule has 0 unspecified atom stereocenters.